The van der Waals surface area contributed by atoms with Crippen LogP contribution in [0.25, 0.3) is 0 Å². The molecule has 1 aromatic carbocycles. The highest BCUT2D eigenvalue weighted by Gasteiger charge is 2.30. The van der Waals surface area contributed by atoms with E-state index in [-0.39, 0.29) is 22.0 Å². The number of nitrogens with zero attached hydrogens (tertiary/aromatic N) is 2. The fourth-order valence-corrected chi connectivity index (χ4v) is 3.25. The zero-order chi connectivity index (χ0) is 15.6. The predicted molar refractivity (Wildman–Crippen MR) is 79.7 cm³/mol. The molecule has 1 aromatic rings. The molecule has 1 fully saturated rings. The van der Waals surface area contributed by atoms with E-state index in [0.29, 0.717) is 6.54 Å². The zero-order valence-corrected chi connectivity index (χ0v) is 13.2. The van der Waals surface area contributed by atoms with Crippen LogP contribution in [0.4, 0.5) is 10.1 Å². The molecular formula is C14H16BrFN2O3. The van der Waals surface area contributed by atoms with Gasteiger partial charge in [0.05, 0.1) is 16.6 Å². The number of amides is 1. The number of rotatable bonds is 3. The maximum absolute atomic E-state index is 13.6. The number of hydrogen-bond donors (Lipinski definition) is 0. The topological polar surface area (TPSA) is 63.5 Å². The minimum atomic E-state index is -0.779. The third kappa shape index (κ3) is 3.23. The molecule has 0 aliphatic carbocycles. The van der Waals surface area contributed by atoms with Crippen molar-refractivity contribution in [3.05, 3.63) is 38.1 Å². The van der Waals surface area contributed by atoms with Crippen LogP contribution >= 0.6 is 15.9 Å². The van der Waals surface area contributed by atoms with E-state index in [9.17, 15) is 19.3 Å². The number of nitro groups is 1. The predicted octanol–water partition coefficient (Wildman–Crippen LogP) is 3.90. The van der Waals surface area contributed by atoms with Crippen LogP contribution < -0.4 is 0 Å². The van der Waals surface area contributed by atoms with Crippen LogP contribution in [0, 0.1) is 15.9 Å². The normalized spacial score (nSPS) is 18.6. The van der Waals surface area contributed by atoms with Crippen molar-refractivity contribution >= 4 is 27.5 Å². The van der Waals surface area contributed by atoms with Crippen LogP contribution in [0.3, 0.4) is 0 Å². The van der Waals surface area contributed by atoms with Gasteiger partial charge < -0.3 is 4.90 Å². The van der Waals surface area contributed by atoms with Gasteiger partial charge in [-0.25, -0.2) is 4.39 Å². The van der Waals surface area contributed by atoms with E-state index in [1.807, 2.05) is 6.92 Å². The van der Waals surface area contributed by atoms with Gasteiger partial charge in [-0.3, -0.25) is 14.9 Å². The fourth-order valence-electron chi connectivity index (χ4n) is 2.71. The van der Waals surface area contributed by atoms with Crippen molar-refractivity contribution in [2.45, 2.75) is 38.6 Å². The molecule has 0 unspecified atom stereocenters. The van der Waals surface area contributed by atoms with Crippen molar-refractivity contribution in [1.82, 2.24) is 4.90 Å². The monoisotopic (exact) mass is 358 g/mol. The van der Waals surface area contributed by atoms with E-state index in [4.69, 9.17) is 0 Å². The molecule has 0 spiro atoms. The summed E-state index contributed by atoms with van der Waals surface area (Å²) in [5.41, 5.74) is -0.412. The maximum atomic E-state index is 13.6. The largest absolute Gasteiger partial charge is 0.336 e. The molecule has 7 heteroatoms. The van der Waals surface area contributed by atoms with Crippen molar-refractivity contribution in [3.63, 3.8) is 0 Å². The third-order valence-corrected chi connectivity index (χ3v) is 4.64. The number of likely N-dealkylation sites (tertiary alicyclic amines) is 1. The molecular weight excluding hydrogens is 343 g/mol. The Morgan fingerprint density at radius 3 is 2.86 bits per heavy atom. The molecule has 114 valence electrons. The second-order valence-corrected chi connectivity index (χ2v) is 5.89. The van der Waals surface area contributed by atoms with Gasteiger partial charge in [-0.15, -0.1) is 0 Å². The van der Waals surface area contributed by atoms with Crippen LogP contribution in [-0.4, -0.2) is 28.3 Å². The molecule has 0 bridgehead atoms. The highest BCUT2D eigenvalue weighted by Crippen LogP contribution is 2.32. The molecule has 1 saturated heterocycles. The molecule has 2 rings (SSSR count). The summed E-state index contributed by atoms with van der Waals surface area (Å²) in [6.07, 6.45) is 3.70. The molecule has 0 N–H and O–H groups in total. The average Bonchev–Trinajstić information content (AvgIpc) is 2.48. The first-order chi connectivity index (χ1) is 9.95. The van der Waals surface area contributed by atoms with Gasteiger partial charge in [-0.05, 0) is 47.7 Å². The number of piperidine rings is 1. The quantitative estimate of drug-likeness (QED) is 0.607. The number of carbonyl (C=O) groups excluding carboxylic acids is 1. The summed E-state index contributed by atoms with van der Waals surface area (Å²) in [6.45, 7) is 2.60. The minimum absolute atomic E-state index is 0.0158. The maximum Gasteiger partial charge on any atom is 0.287 e. The van der Waals surface area contributed by atoms with Crippen LogP contribution in [0.15, 0.2) is 16.6 Å². The molecule has 5 nitrogen and oxygen atoms in total. The summed E-state index contributed by atoms with van der Waals surface area (Å²) in [5, 5.41) is 10.9. The Morgan fingerprint density at radius 1 is 1.52 bits per heavy atom. The Morgan fingerprint density at radius 2 is 2.24 bits per heavy atom. The second-order valence-electron chi connectivity index (χ2n) is 5.10. The number of carbonyl (C=O) groups is 1. The first-order valence-corrected chi connectivity index (χ1v) is 7.69. The summed E-state index contributed by atoms with van der Waals surface area (Å²) >= 11 is 3.07. The van der Waals surface area contributed by atoms with Crippen molar-refractivity contribution < 1.29 is 14.1 Å². The van der Waals surface area contributed by atoms with E-state index in [1.54, 1.807) is 4.90 Å². The molecule has 1 aliphatic rings. The Kier molecular flexibility index (Phi) is 4.92. The number of nitro benzene ring substituents is 1. The van der Waals surface area contributed by atoms with Gasteiger partial charge in [0.1, 0.15) is 10.3 Å². The summed E-state index contributed by atoms with van der Waals surface area (Å²) < 4.78 is 13.6. The average molecular weight is 359 g/mol. The first kappa shape index (κ1) is 15.9. The second kappa shape index (κ2) is 6.51. The summed E-state index contributed by atoms with van der Waals surface area (Å²) in [4.78, 5) is 24.6. The standard InChI is InChI=1S/C14H16BrFN2O3/c1-2-10-5-3-4-6-17(10)14(19)11-7-9(16)8-12(13(11)15)18(20)21/h7-8,10H,2-6H2,1H3/t10-/m1/s1. The van der Waals surface area contributed by atoms with Gasteiger partial charge in [0.2, 0.25) is 0 Å². The molecule has 21 heavy (non-hydrogen) atoms. The van der Waals surface area contributed by atoms with Gasteiger partial charge in [0.15, 0.2) is 0 Å². The van der Waals surface area contributed by atoms with Gasteiger partial charge in [-0.1, -0.05) is 6.92 Å². The molecule has 0 aromatic heterocycles. The van der Waals surface area contributed by atoms with Gasteiger partial charge in [-0.2, -0.15) is 0 Å². The van der Waals surface area contributed by atoms with Crippen molar-refractivity contribution in [3.8, 4) is 0 Å². The Bertz CT molecular complexity index is 580. The molecule has 1 heterocycles. The highest BCUT2D eigenvalue weighted by atomic mass is 79.9. The minimum Gasteiger partial charge on any atom is -0.336 e. The number of halogens is 2. The highest BCUT2D eigenvalue weighted by molar-refractivity contribution is 9.10. The van der Waals surface area contributed by atoms with Crippen LogP contribution in [0.5, 0.6) is 0 Å². The van der Waals surface area contributed by atoms with Gasteiger partial charge in [0, 0.05) is 12.6 Å². The lowest BCUT2D eigenvalue weighted by molar-refractivity contribution is -0.385. The van der Waals surface area contributed by atoms with E-state index in [1.165, 1.54) is 0 Å². The Labute approximate surface area is 130 Å². The van der Waals surface area contributed by atoms with Crippen molar-refractivity contribution in [2.75, 3.05) is 6.54 Å². The lowest BCUT2D eigenvalue weighted by atomic mass is 9.98. The Balaban J connectivity index is 2.41. The summed E-state index contributed by atoms with van der Waals surface area (Å²) in [6, 6.07) is 1.98. The van der Waals surface area contributed by atoms with Crippen LogP contribution in [0.2, 0.25) is 0 Å². The molecule has 1 aliphatic heterocycles. The number of benzene rings is 1. The molecule has 1 amide bonds. The van der Waals surface area contributed by atoms with E-state index < -0.39 is 16.4 Å². The van der Waals surface area contributed by atoms with E-state index >= 15 is 0 Å². The summed E-state index contributed by atoms with van der Waals surface area (Å²) in [7, 11) is 0. The van der Waals surface area contributed by atoms with Gasteiger partial charge >= 0.3 is 0 Å². The van der Waals surface area contributed by atoms with Gasteiger partial charge in [0.25, 0.3) is 11.6 Å². The SMILES string of the molecule is CC[C@@H]1CCCCN1C(=O)c1cc(F)cc([N+](=O)[O-])c1Br. The molecule has 1 atom stereocenters. The number of hydrogen-bond acceptors (Lipinski definition) is 3. The Hall–Kier alpha value is -1.50. The molecule has 0 saturated carbocycles. The third-order valence-electron chi connectivity index (χ3n) is 3.80. The van der Waals surface area contributed by atoms with Crippen molar-refractivity contribution in [2.24, 2.45) is 0 Å². The lowest BCUT2D eigenvalue weighted by Crippen LogP contribution is -2.43. The zero-order valence-electron chi connectivity index (χ0n) is 11.6. The van der Waals surface area contributed by atoms with Crippen LogP contribution in [0.1, 0.15) is 43.0 Å². The van der Waals surface area contributed by atoms with Crippen molar-refractivity contribution in [1.29, 1.82) is 0 Å². The smallest absolute Gasteiger partial charge is 0.287 e. The van der Waals surface area contributed by atoms with E-state index in [0.717, 1.165) is 37.8 Å². The molecule has 0 radical (unpaired) electrons. The first-order valence-electron chi connectivity index (χ1n) is 6.90. The fraction of sp³-hybridized carbons (Fsp3) is 0.500. The van der Waals surface area contributed by atoms with E-state index in [2.05, 4.69) is 15.9 Å². The summed E-state index contributed by atoms with van der Waals surface area (Å²) in [5.74, 6) is -1.13. The van der Waals surface area contributed by atoms with Crippen LogP contribution in [-0.2, 0) is 0 Å². The lowest BCUT2D eigenvalue weighted by Gasteiger charge is -2.35.